The number of nitrogen functional groups attached to an aromatic ring is 1. The van der Waals surface area contributed by atoms with Crippen LogP contribution in [-0.2, 0) is 4.79 Å². The minimum Gasteiger partial charge on any atom is -0.497 e. The number of methoxy groups -OCH3 is 1. The molecular formula is C12H19N3O2. The number of carbonyl (C=O) groups is 1. The van der Waals surface area contributed by atoms with E-state index in [1.165, 1.54) is 0 Å². The van der Waals surface area contributed by atoms with Gasteiger partial charge in [-0.3, -0.25) is 4.79 Å². The Morgan fingerprint density at radius 1 is 1.41 bits per heavy atom. The first-order valence-corrected chi connectivity index (χ1v) is 5.59. The van der Waals surface area contributed by atoms with Gasteiger partial charge in [0.1, 0.15) is 5.75 Å². The third-order valence-electron chi connectivity index (χ3n) is 2.43. The SMILES string of the molecule is COc1ccc(N)c(NCCCCC(N)=O)c1. The lowest BCUT2D eigenvalue weighted by Gasteiger charge is -2.10. The number of anilines is 2. The topological polar surface area (TPSA) is 90.4 Å². The van der Waals surface area contributed by atoms with Gasteiger partial charge in [-0.1, -0.05) is 0 Å². The predicted octanol–water partition coefficient (Wildman–Crippen LogP) is 1.34. The Hall–Kier alpha value is -1.91. The summed E-state index contributed by atoms with van der Waals surface area (Å²) in [6, 6.07) is 5.46. The highest BCUT2D eigenvalue weighted by Crippen LogP contribution is 2.24. The molecule has 1 rings (SSSR count). The molecule has 0 aromatic heterocycles. The third kappa shape index (κ3) is 4.63. The van der Waals surface area contributed by atoms with E-state index in [-0.39, 0.29) is 5.91 Å². The van der Waals surface area contributed by atoms with Gasteiger partial charge in [-0.05, 0) is 25.0 Å². The summed E-state index contributed by atoms with van der Waals surface area (Å²) in [4.78, 5) is 10.5. The van der Waals surface area contributed by atoms with Crippen LogP contribution in [0.2, 0.25) is 0 Å². The van der Waals surface area contributed by atoms with Gasteiger partial charge in [0, 0.05) is 19.0 Å². The summed E-state index contributed by atoms with van der Waals surface area (Å²) in [5, 5.41) is 3.20. The van der Waals surface area contributed by atoms with Gasteiger partial charge in [-0.2, -0.15) is 0 Å². The Bertz CT molecular complexity index is 380. The Kier molecular flexibility index (Phi) is 5.13. The van der Waals surface area contributed by atoms with Crippen molar-refractivity contribution in [2.24, 2.45) is 5.73 Å². The van der Waals surface area contributed by atoms with Crippen LogP contribution in [0.25, 0.3) is 0 Å². The summed E-state index contributed by atoms with van der Waals surface area (Å²) in [6.07, 6.45) is 2.08. The fourth-order valence-corrected chi connectivity index (χ4v) is 1.46. The van der Waals surface area contributed by atoms with Crippen molar-refractivity contribution < 1.29 is 9.53 Å². The van der Waals surface area contributed by atoms with E-state index in [9.17, 15) is 4.79 Å². The molecule has 0 saturated carbocycles. The first kappa shape index (κ1) is 13.2. The summed E-state index contributed by atoms with van der Waals surface area (Å²) >= 11 is 0. The average molecular weight is 237 g/mol. The lowest BCUT2D eigenvalue weighted by Crippen LogP contribution is -2.11. The molecule has 0 unspecified atom stereocenters. The maximum absolute atomic E-state index is 10.5. The lowest BCUT2D eigenvalue weighted by molar-refractivity contribution is -0.118. The van der Waals surface area contributed by atoms with Crippen molar-refractivity contribution in [2.75, 3.05) is 24.7 Å². The van der Waals surface area contributed by atoms with Gasteiger partial charge < -0.3 is 21.5 Å². The van der Waals surface area contributed by atoms with E-state index in [1.807, 2.05) is 12.1 Å². The zero-order valence-corrected chi connectivity index (χ0v) is 10.0. The highest BCUT2D eigenvalue weighted by molar-refractivity contribution is 5.73. The van der Waals surface area contributed by atoms with E-state index in [0.29, 0.717) is 12.1 Å². The number of ether oxygens (including phenoxy) is 1. The third-order valence-corrected chi connectivity index (χ3v) is 2.43. The van der Waals surface area contributed by atoms with Crippen LogP contribution in [0.1, 0.15) is 19.3 Å². The molecule has 0 fully saturated rings. The zero-order chi connectivity index (χ0) is 12.7. The molecule has 5 nitrogen and oxygen atoms in total. The number of nitrogens with two attached hydrogens (primary N) is 2. The molecule has 5 heteroatoms. The molecule has 1 amide bonds. The van der Waals surface area contributed by atoms with Crippen molar-refractivity contribution in [1.29, 1.82) is 0 Å². The second-order valence-corrected chi connectivity index (χ2v) is 3.80. The van der Waals surface area contributed by atoms with Crippen molar-refractivity contribution in [3.63, 3.8) is 0 Å². The maximum Gasteiger partial charge on any atom is 0.217 e. The van der Waals surface area contributed by atoms with Gasteiger partial charge in [0.2, 0.25) is 5.91 Å². The maximum atomic E-state index is 10.5. The number of unbranched alkanes of at least 4 members (excludes halogenated alkanes) is 1. The average Bonchev–Trinajstić information content (AvgIpc) is 2.30. The van der Waals surface area contributed by atoms with Crippen LogP contribution in [0.4, 0.5) is 11.4 Å². The summed E-state index contributed by atoms with van der Waals surface area (Å²) < 4.78 is 5.11. The van der Waals surface area contributed by atoms with Crippen molar-refractivity contribution in [2.45, 2.75) is 19.3 Å². The second-order valence-electron chi connectivity index (χ2n) is 3.80. The second kappa shape index (κ2) is 6.62. The molecule has 0 saturated heterocycles. The highest BCUT2D eigenvalue weighted by Gasteiger charge is 2.01. The largest absolute Gasteiger partial charge is 0.497 e. The van der Waals surface area contributed by atoms with Gasteiger partial charge in [-0.15, -0.1) is 0 Å². The molecule has 94 valence electrons. The molecule has 0 radical (unpaired) electrons. The van der Waals surface area contributed by atoms with Crippen LogP contribution >= 0.6 is 0 Å². The Labute approximate surface area is 101 Å². The zero-order valence-electron chi connectivity index (χ0n) is 10.0. The normalized spacial score (nSPS) is 9.94. The number of benzene rings is 1. The Morgan fingerprint density at radius 3 is 2.82 bits per heavy atom. The smallest absolute Gasteiger partial charge is 0.217 e. The summed E-state index contributed by atoms with van der Waals surface area (Å²) in [5.74, 6) is 0.504. The number of hydrogen-bond acceptors (Lipinski definition) is 4. The quantitative estimate of drug-likeness (QED) is 0.493. The van der Waals surface area contributed by atoms with Crippen LogP contribution in [0.5, 0.6) is 5.75 Å². The molecule has 0 aliphatic rings. The van der Waals surface area contributed by atoms with E-state index in [2.05, 4.69) is 5.32 Å². The minimum absolute atomic E-state index is 0.258. The van der Waals surface area contributed by atoms with E-state index in [4.69, 9.17) is 16.2 Å². The minimum atomic E-state index is -0.258. The van der Waals surface area contributed by atoms with E-state index < -0.39 is 0 Å². The van der Waals surface area contributed by atoms with Gasteiger partial charge in [0.25, 0.3) is 0 Å². The van der Waals surface area contributed by atoms with Crippen LogP contribution in [0.15, 0.2) is 18.2 Å². The number of amides is 1. The van der Waals surface area contributed by atoms with E-state index in [0.717, 1.165) is 30.8 Å². The molecule has 0 aliphatic heterocycles. The fourth-order valence-electron chi connectivity index (χ4n) is 1.46. The molecule has 5 N–H and O–H groups in total. The monoisotopic (exact) mass is 237 g/mol. The van der Waals surface area contributed by atoms with Gasteiger partial charge in [0.15, 0.2) is 0 Å². The predicted molar refractivity (Wildman–Crippen MR) is 68.9 cm³/mol. The molecular weight excluding hydrogens is 218 g/mol. The van der Waals surface area contributed by atoms with Crippen LogP contribution < -0.4 is 21.5 Å². The number of nitrogens with one attached hydrogen (secondary N) is 1. The number of rotatable bonds is 7. The number of primary amides is 1. The summed E-state index contributed by atoms with van der Waals surface area (Å²) in [6.45, 7) is 0.755. The molecule has 0 heterocycles. The number of carbonyl (C=O) groups excluding carboxylic acids is 1. The van der Waals surface area contributed by atoms with Crippen molar-refractivity contribution in [1.82, 2.24) is 0 Å². The molecule has 17 heavy (non-hydrogen) atoms. The van der Waals surface area contributed by atoms with E-state index >= 15 is 0 Å². The van der Waals surface area contributed by atoms with Gasteiger partial charge in [0.05, 0.1) is 18.5 Å². The van der Waals surface area contributed by atoms with Crippen molar-refractivity contribution in [3.8, 4) is 5.75 Å². The summed E-state index contributed by atoms with van der Waals surface area (Å²) in [5.41, 5.74) is 12.4. The van der Waals surface area contributed by atoms with Gasteiger partial charge in [-0.25, -0.2) is 0 Å². The number of hydrogen-bond donors (Lipinski definition) is 3. The standard InChI is InChI=1S/C12H19N3O2/c1-17-9-5-6-10(13)11(8-9)15-7-3-2-4-12(14)16/h5-6,8,15H,2-4,7,13H2,1H3,(H2,14,16). The summed E-state index contributed by atoms with van der Waals surface area (Å²) in [7, 11) is 1.61. The van der Waals surface area contributed by atoms with Crippen LogP contribution in [-0.4, -0.2) is 19.6 Å². The lowest BCUT2D eigenvalue weighted by atomic mass is 10.2. The fraction of sp³-hybridized carbons (Fsp3) is 0.417. The molecule has 0 aliphatic carbocycles. The Morgan fingerprint density at radius 2 is 2.18 bits per heavy atom. The van der Waals surface area contributed by atoms with E-state index in [1.54, 1.807) is 13.2 Å². The molecule has 0 bridgehead atoms. The Balaban J connectivity index is 2.38. The van der Waals surface area contributed by atoms with Crippen molar-refractivity contribution in [3.05, 3.63) is 18.2 Å². The molecule has 0 spiro atoms. The van der Waals surface area contributed by atoms with Crippen LogP contribution in [0, 0.1) is 0 Å². The first-order chi connectivity index (χ1) is 8.13. The van der Waals surface area contributed by atoms with Gasteiger partial charge >= 0.3 is 0 Å². The highest BCUT2D eigenvalue weighted by atomic mass is 16.5. The molecule has 1 aromatic rings. The molecule has 0 atom stereocenters. The van der Waals surface area contributed by atoms with Crippen LogP contribution in [0.3, 0.4) is 0 Å². The molecule has 1 aromatic carbocycles. The first-order valence-electron chi connectivity index (χ1n) is 5.59. The van der Waals surface area contributed by atoms with Crippen molar-refractivity contribution >= 4 is 17.3 Å².